The van der Waals surface area contributed by atoms with E-state index in [0.29, 0.717) is 57.3 Å². The van der Waals surface area contributed by atoms with Crippen LogP contribution in [0.25, 0.3) is 0 Å². The van der Waals surface area contributed by atoms with Gasteiger partial charge in [0.25, 0.3) is 0 Å². The molecule has 0 saturated heterocycles. The summed E-state index contributed by atoms with van der Waals surface area (Å²) in [5.74, 6) is 0.547. The third-order valence-electron chi connectivity index (χ3n) is 3.41. The fourth-order valence-electron chi connectivity index (χ4n) is 2.12. The summed E-state index contributed by atoms with van der Waals surface area (Å²) in [6.07, 6.45) is 0.654. The van der Waals surface area contributed by atoms with Gasteiger partial charge in [0.15, 0.2) is 5.78 Å². The smallest absolute Gasteiger partial charge is 0.407 e. The molecular formula is C20H30ClNO5. The average molecular weight is 400 g/mol. The van der Waals surface area contributed by atoms with Crippen molar-refractivity contribution in [2.75, 3.05) is 33.0 Å². The molecule has 6 nitrogen and oxygen atoms in total. The summed E-state index contributed by atoms with van der Waals surface area (Å²) in [4.78, 5) is 23.4. The molecule has 1 aromatic rings. The molecule has 152 valence electrons. The number of alkyl carbamates (subject to hydrolysis) is 1. The van der Waals surface area contributed by atoms with E-state index in [4.69, 9.17) is 25.8 Å². The van der Waals surface area contributed by atoms with Gasteiger partial charge in [0, 0.05) is 31.0 Å². The van der Waals surface area contributed by atoms with Gasteiger partial charge in [-0.25, -0.2) is 4.79 Å². The zero-order chi connectivity index (χ0) is 20.1. The van der Waals surface area contributed by atoms with Crippen LogP contribution in [-0.2, 0) is 20.1 Å². The van der Waals surface area contributed by atoms with Gasteiger partial charge in [-0.1, -0.05) is 24.3 Å². The Morgan fingerprint density at radius 2 is 1.63 bits per heavy atom. The fourth-order valence-corrected chi connectivity index (χ4v) is 2.30. The highest BCUT2D eigenvalue weighted by Gasteiger charge is 2.15. The van der Waals surface area contributed by atoms with E-state index in [0.717, 1.165) is 5.56 Å². The third-order valence-corrected chi connectivity index (χ3v) is 3.72. The van der Waals surface area contributed by atoms with Crippen molar-refractivity contribution >= 4 is 23.5 Å². The lowest BCUT2D eigenvalue weighted by Gasteiger charge is -2.19. The monoisotopic (exact) mass is 399 g/mol. The Bertz CT molecular complexity index is 569. The van der Waals surface area contributed by atoms with Crippen LogP contribution >= 0.6 is 11.6 Å². The van der Waals surface area contributed by atoms with Crippen LogP contribution < -0.4 is 5.32 Å². The zero-order valence-corrected chi connectivity index (χ0v) is 17.1. The SMILES string of the molecule is CC(C)(C)OC(=O)NCCOCCOCCCC(=O)c1ccc(CCl)cc1. The van der Waals surface area contributed by atoms with Crippen LogP contribution in [0.3, 0.4) is 0 Å². The number of carbonyl (C=O) groups is 2. The number of hydrogen-bond donors (Lipinski definition) is 1. The van der Waals surface area contributed by atoms with Crippen LogP contribution in [0, 0.1) is 0 Å². The van der Waals surface area contributed by atoms with E-state index in [9.17, 15) is 9.59 Å². The average Bonchev–Trinajstić information content (AvgIpc) is 2.61. The molecule has 0 aliphatic rings. The molecule has 0 heterocycles. The molecule has 0 aromatic heterocycles. The van der Waals surface area contributed by atoms with Crippen molar-refractivity contribution < 1.29 is 23.8 Å². The Morgan fingerprint density at radius 1 is 1.00 bits per heavy atom. The first-order chi connectivity index (χ1) is 12.8. The molecule has 27 heavy (non-hydrogen) atoms. The Labute approximate surface area is 166 Å². The Hall–Kier alpha value is -1.63. The summed E-state index contributed by atoms with van der Waals surface area (Å²) in [5, 5.41) is 2.61. The summed E-state index contributed by atoms with van der Waals surface area (Å²) in [6.45, 7) is 7.59. The third kappa shape index (κ3) is 11.6. The molecule has 0 fully saturated rings. The van der Waals surface area contributed by atoms with Crippen molar-refractivity contribution in [3.63, 3.8) is 0 Å². The van der Waals surface area contributed by atoms with Crippen LogP contribution in [0.15, 0.2) is 24.3 Å². The van der Waals surface area contributed by atoms with E-state index in [1.165, 1.54) is 0 Å². The van der Waals surface area contributed by atoms with Crippen LogP contribution in [0.2, 0.25) is 0 Å². The molecular weight excluding hydrogens is 370 g/mol. The van der Waals surface area contributed by atoms with Crippen molar-refractivity contribution in [1.82, 2.24) is 5.32 Å². The van der Waals surface area contributed by atoms with Gasteiger partial charge in [0.2, 0.25) is 0 Å². The molecule has 0 atom stereocenters. The molecule has 0 aliphatic carbocycles. The number of halogens is 1. The lowest BCUT2D eigenvalue weighted by atomic mass is 10.1. The highest BCUT2D eigenvalue weighted by atomic mass is 35.5. The molecule has 0 saturated carbocycles. The normalized spacial score (nSPS) is 11.3. The van der Waals surface area contributed by atoms with Crippen molar-refractivity contribution in [3.05, 3.63) is 35.4 Å². The molecule has 0 unspecified atom stereocenters. The minimum Gasteiger partial charge on any atom is -0.444 e. The van der Waals surface area contributed by atoms with Gasteiger partial charge >= 0.3 is 6.09 Å². The predicted molar refractivity (Wildman–Crippen MR) is 105 cm³/mol. The topological polar surface area (TPSA) is 73.9 Å². The number of rotatable bonds is 12. The number of nitrogens with one attached hydrogen (secondary N) is 1. The Kier molecular flexibility index (Phi) is 11.0. The number of hydrogen-bond acceptors (Lipinski definition) is 5. The standard InChI is InChI=1S/C20H30ClNO5/c1-20(2,3)27-19(24)22-10-12-26-14-13-25-11-4-5-18(23)17-8-6-16(15-21)7-9-17/h6-9H,4-5,10-15H2,1-3H3,(H,22,24). The second kappa shape index (κ2) is 12.7. The maximum Gasteiger partial charge on any atom is 0.407 e. The Balaban J connectivity index is 1.97. The summed E-state index contributed by atoms with van der Waals surface area (Å²) in [5.41, 5.74) is 1.19. The van der Waals surface area contributed by atoms with Crippen molar-refractivity contribution in [1.29, 1.82) is 0 Å². The van der Waals surface area contributed by atoms with Gasteiger partial charge in [0.1, 0.15) is 5.60 Å². The first kappa shape index (κ1) is 23.4. The second-order valence-corrected chi connectivity index (χ2v) is 7.28. The van der Waals surface area contributed by atoms with Crippen molar-refractivity contribution in [3.8, 4) is 0 Å². The van der Waals surface area contributed by atoms with Crippen LogP contribution in [-0.4, -0.2) is 50.4 Å². The minimum atomic E-state index is -0.506. The molecule has 0 radical (unpaired) electrons. The molecule has 7 heteroatoms. The van der Waals surface area contributed by atoms with Gasteiger partial charge in [-0.3, -0.25) is 4.79 Å². The molecule has 1 rings (SSSR count). The maximum atomic E-state index is 12.0. The van der Waals surface area contributed by atoms with E-state index in [1.807, 2.05) is 32.9 Å². The van der Waals surface area contributed by atoms with E-state index < -0.39 is 11.7 Å². The number of benzene rings is 1. The minimum absolute atomic E-state index is 0.101. The van der Waals surface area contributed by atoms with Gasteiger partial charge in [-0.2, -0.15) is 0 Å². The Morgan fingerprint density at radius 3 is 2.22 bits per heavy atom. The summed E-state index contributed by atoms with van der Waals surface area (Å²) in [6, 6.07) is 7.34. The highest BCUT2D eigenvalue weighted by Crippen LogP contribution is 2.10. The molecule has 0 aliphatic heterocycles. The van der Waals surface area contributed by atoms with Crippen LogP contribution in [0.1, 0.15) is 49.5 Å². The first-order valence-corrected chi connectivity index (χ1v) is 9.66. The van der Waals surface area contributed by atoms with E-state index in [1.54, 1.807) is 12.1 Å². The number of amides is 1. The van der Waals surface area contributed by atoms with E-state index in [-0.39, 0.29) is 5.78 Å². The predicted octanol–water partition coefficient (Wildman–Crippen LogP) is 3.95. The molecule has 1 amide bonds. The fraction of sp³-hybridized carbons (Fsp3) is 0.600. The van der Waals surface area contributed by atoms with Gasteiger partial charge in [-0.05, 0) is 32.8 Å². The van der Waals surface area contributed by atoms with Crippen molar-refractivity contribution in [2.24, 2.45) is 0 Å². The van der Waals surface area contributed by atoms with Crippen LogP contribution in [0.5, 0.6) is 0 Å². The van der Waals surface area contributed by atoms with E-state index in [2.05, 4.69) is 5.32 Å². The lowest BCUT2D eigenvalue weighted by Crippen LogP contribution is -2.34. The van der Waals surface area contributed by atoms with Gasteiger partial charge < -0.3 is 19.5 Å². The number of alkyl halides is 1. The molecule has 0 spiro atoms. The highest BCUT2D eigenvalue weighted by molar-refractivity contribution is 6.17. The quantitative estimate of drug-likeness (QED) is 0.327. The maximum absolute atomic E-state index is 12.0. The number of ketones is 1. The van der Waals surface area contributed by atoms with Crippen molar-refractivity contribution in [2.45, 2.75) is 45.1 Å². The number of Topliss-reactive ketones (excluding diaryl/α,β-unsaturated/α-hetero) is 1. The van der Waals surface area contributed by atoms with Gasteiger partial charge in [-0.15, -0.1) is 11.6 Å². The van der Waals surface area contributed by atoms with E-state index >= 15 is 0 Å². The summed E-state index contributed by atoms with van der Waals surface area (Å²) < 4.78 is 15.9. The summed E-state index contributed by atoms with van der Waals surface area (Å²) >= 11 is 5.73. The number of carbonyl (C=O) groups excluding carboxylic acids is 2. The molecule has 1 N–H and O–H groups in total. The largest absolute Gasteiger partial charge is 0.444 e. The van der Waals surface area contributed by atoms with Gasteiger partial charge in [0.05, 0.1) is 19.8 Å². The van der Waals surface area contributed by atoms with Crippen LogP contribution in [0.4, 0.5) is 4.79 Å². The molecule has 1 aromatic carbocycles. The number of ether oxygens (including phenoxy) is 3. The molecule has 0 bridgehead atoms. The second-order valence-electron chi connectivity index (χ2n) is 7.01. The lowest BCUT2D eigenvalue weighted by molar-refractivity contribution is 0.0389. The summed E-state index contributed by atoms with van der Waals surface area (Å²) in [7, 11) is 0. The first-order valence-electron chi connectivity index (χ1n) is 9.12. The zero-order valence-electron chi connectivity index (χ0n) is 16.4.